The van der Waals surface area contributed by atoms with Gasteiger partial charge in [0.05, 0.1) is 16.6 Å². The van der Waals surface area contributed by atoms with Crippen LogP contribution in [0, 0.1) is 12.7 Å². The van der Waals surface area contributed by atoms with Crippen LogP contribution in [0.2, 0.25) is 0 Å². The number of rotatable bonds is 6. The van der Waals surface area contributed by atoms with E-state index < -0.39 is 5.82 Å². The lowest BCUT2D eigenvalue weighted by atomic mass is 9.70. The van der Waals surface area contributed by atoms with Crippen molar-refractivity contribution in [2.75, 3.05) is 19.6 Å². The Morgan fingerprint density at radius 2 is 1.64 bits per heavy atom. The molecule has 7 heteroatoms. The molecule has 218 valence electrons. The Balaban J connectivity index is 1.07. The number of amides is 1. The minimum Gasteiger partial charge on any atom is -0.507 e. The molecule has 4 heterocycles. The number of aromatic hydroxyl groups is 1. The van der Waals surface area contributed by atoms with Gasteiger partial charge in [-0.2, -0.15) is 0 Å². The van der Waals surface area contributed by atoms with Crippen molar-refractivity contribution in [3.63, 3.8) is 0 Å². The van der Waals surface area contributed by atoms with E-state index in [1.807, 2.05) is 0 Å². The van der Waals surface area contributed by atoms with Gasteiger partial charge < -0.3 is 14.6 Å². The summed E-state index contributed by atoms with van der Waals surface area (Å²) in [6.45, 7) is 4.38. The summed E-state index contributed by atoms with van der Waals surface area (Å²) in [7, 11) is 0. The Morgan fingerprint density at radius 3 is 2.38 bits per heavy atom. The van der Waals surface area contributed by atoms with Crippen molar-refractivity contribution in [2.24, 2.45) is 0 Å². The number of fused-ring (bicyclic) bond motifs is 3. The standard InChI is InChI=1S/C35H39FN4O2/c1-24-37-31-9-5-6-10-32(31)40(24)29-22-27-12-13-28(23-29)39(27)20-17-35(25-7-3-2-4-8-25)15-18-38(19-16-35)34(42)30-21-26(36)11-14-33(30)41/h2-11,14,21,27-29,41H,12-13,15-20,22-23H2,1H3/t27-,28+,29?. The fourth-order valence-electron chi connectivity index (χ4n) is 8.25. The maximum atomic E-state index is 13.9. The second kappa shape index (κ2) is 10.8. The molecule has 42 heavy (non-hydrogen) atoms. The summed E-state index contributed by atoms with van der Waals surface area (Å²) in [5.41, 5.74) is 3.71. The van der Waals surface area contributed by atoms with Crippen molar-refractivity contribution in [3.05, 3.63) is 95.6 Å². The molecular weight excluding hydrogens is 527 g/mol. The molecule has 3 aromatic carbocycles. The normalized spacial score (nSPS) is 23.9. The first-order chi connectivity index (χ1) is 20.4. The molecule has 0 radical (unpaired) electrons. The van der Waals surface area contributed by atoms with E-state index in [2.05, 4.69) is 71.0 Å². The number of carbonyl (C=O) groups is 1. The number of para-hydroxylation sites is 2. The molecule has 1 aromatic heterocycles. The SMILES string of the molecule is Cc1nc2ccccc2n1C1C[C@H]2CC[C@@H](C1)N2CCC1(c2ccccc2)CCN(C(=O)c2cc(F)ccc2O)CC1. The lowest BCUT2D eigenvalue weighted by molar-refractivity contribution is 0.0604. The summed E-state index contributed by atoms with van der Waals surface area (Å²) < 4.78 is 16.4. The zero-order valence-electron chi connectivity index (χ0n) is 24.3. The van der Waals surface area contributed by atoms with Crippen LogP contribution in [0.3, 0.4) is 0 Å². The predicted octanol–water partition coefficient (Wildman–Crippen LogP) is 6.62. The summed E-state index contributed by atoms with van der Waals surface area (Å²) in [6.07, 6.45) is 7.59. The van der Waals surface area contributed by atoms with Crippen LogP contribution in [0.4, 0.5) is 4.39 Å². The summed E-state index contributed by atoms with van der Waals surface area (Å²) in [6, 6.07) is 24.5. The third-order valence-electron chi connectivity index (χ3n) is 10.4. The molecule has 3 saturated heterocycles. The molecule has 3 aliphatic rings. The third kappa shape index (κ3) is 4.77. The summed E-state index contributed by atoms with van der Waals surface area (Å²) in [4.78, 5) is 22.7. The van der Waals surface area contributed by atoms with Gasteiger partial charge in [0.15, 0.2) is 0 Å². The highest BCUT2D eigenvalue weighted by Gasteiger charge is 2.44. The second-order valence-corrected chi connectivity index (χ2v) is 12.6. The molecule has 7 rings (SSSR count). The van der Waals surface area contributed by atoms with Gasteiger partial charge in [0.1, 0.15) is 17.4 Å². The largest absolute Gasteiger partial charge is 0.507 e. The topological polar surface area (TPSA) is 61.6 Å². The van der Waals surface area contributed by atoms with Crippen LogP contribution >= 0.6 is 0 Å². The van der Waals surface area contributed by atoms with E-state index in [1.165, 1.54) is 36.1 Å². The number of aromatic nitrogens is 2. The molecule has 0 aliphatic carbocycles. The van der Waals surface area contributed by atoms with Crippen molar-refractivity contribution in [1.82, 2.24) is 19.4 Å². The van der Waals surface area contributed by atoms with Gasteiger partial charge in [-0.15, -0.1) is 0 Å². The van der Waals surface area contributed by atoms with Gasteiger partial charge in [-0.25, -0.2) is 9.37 Å². The number of aryl methyl sites for hydroxylation is 1. The summed E-state index contributed by atoms with van der Waals surface area (Å²) >= 11 is 0. The molecular formula is C35H39FN4O2. The molecule has 4 aromatic rings. The number of halogens is 1. The number of benzene rings is 3. The van der Waals surface area contributed by atoms with Crippen LogP contribution in [0.25, 0.3) is 11.0 Å². The van der Waals surface area contributed by atoms with E-state index in [4.69, 9.17) is 4.98 Å². The molecule has 1 amide bonds. The minimum absolute atomic E-state index is 0.0184. The van der Waals surface area contributed by atoms with Crippen LogP contribution in [-0.2, 0) is 5.41 Å². The molecule has 3 aliphatic heterocycles. The van der Waals surface area contributed by atoms with Crippen molar-refractivity contribution < 1.29 is 14.3 Å². The van der Waals surface area contributed by atoms with E-state index in [0.29, 0.717) is 31.2 Å². The van der Waals surface area contributed by atoms with E-state index in [0.717, 1.165) is 56.1 Å². The first kappa shape index (κ1) is 27.1. The Kier molecular flexibility index (Phi) is 7.01. The molecule has 3 fully saturated rings. The van der Waals surface area contributed by atoms with Crippen molar-refractivity contribution in [3.8, 4) is 5.75 Å². The van der Waals surface area contributed by atoms with E-state index >= 15 is 0 Å². The number of hydrogen-bond acceptors (Lipinski definition) is 4. The molecule has 6 nitrogen and oxygen atoms in total. The van der Waals surface area contributed by atoms with Crippen LogP contribution in [0.5, 0.6) is 5.75 Å². The Hall–Kier alpha value is -3.71. The van der Waals surface area contributed by atoms with Crippen LogP contribution < -0.4 is 0 Å². The third-order valence-corrected chi connectivity index (χ3v) is 10.4. The molecule has 1 N–H and O–H groups in total. The number of nitrogens with zero attached hydrogens (tertiary/aromatic N) is 4. The highest BCUT2D eigenvalue weighted by atomic mass is 19.1. The number of carbonyl (C=O) groups excluding carboxylic acids is 1. The average Bonchev–Trinajstić information content (AvgIpc) is 3.48. The van der Waals surface area contributed by atoms with Gasteiger partial charge in [-0.05, 0) is 99.7 Å². The number of phenols is 1. The van der Waals surface area contributed by atoms with Gasteiger partial charge in [0.2, 0.25) is 0 Å². The first-order valence-corrected chi connectivity index (χ1v) is 15.4. The molecule has 3 atom stereocenters. The van der Waals surface area contributed by atoms with Crippen LogP contribution in [-0.4, -0.2) is 62.1 Å². The van der Waals surface area contributed by atoms with Gasteiger partial charge in [-0.3, -0.25) is 9.69 Å². The van der Waals surface area contributed by atoms with Crippen molar-refractivity contribution >= 4 is 16.9 Å². The molecule has 1 unspecified atom stereocenters. The maximum Gasteiger partial charge on any atom is 0.257 e. The highest BCUT2D eigenvalue weighted by Crippen LogP contribution is 2.45. The quantitative estimate of drug-likeness (QED) is 0.285. The monoisotopic (exact) mass is 566 g/mol. The average molecular weight is 567 g/mol. The minimum atomic E-state index is -0.512. The lowest BCUT2D eigenvalue weighted by Gasteiger charge is -2.45. The van der Waals surface area contributed by atoms with Gasteiger partial charge in [-0.1, -0.05) is 42.5 Å². The zero-order chi connectivity index (χ0) is 28.8. The van der Waals surface area contributed by atoms with Crippen LogP contribution in [0.1, 0.15) is 72.7 Å². The fraction of sp³-hybridized carbons (Fsp3) is 0.429. The Morgan fingerprint density at radius 1 is 0.952 bits per heavy atom. The second-order valence-electron chi connectivity index (χ2n) is 12.6. The van der Waals surface area contributed by atoms with Gasteiger partial charge in [0.25, 0.3) is 5.91 Å². The van der Waals surface area contributed by atoms with E-state index in [9.17, 15) is 14.3 Å². The Bertz CT molecular complexity index is 1580. The molecule has 0 spiro atoms. The van der Waals surface area contributed by atoms with E-state index in [1.54, 1.807) is 4.90 Å². The molecule has 0 saturated carbocycles. The van der Waals surface area contributed by atoms with Crippen molar-refractivity contribution in [1.29, 1.82) is 0 Å². The zero-order valence-corrected chi connectivity index (χ0v) is 24.3. The number of piperidine rings is 2. The smallest absolute Gasteiger partial charge is 0.257 e. The van der Waals surface area contributed by atoms with E-state index in [-0.39, 0.29) is 22.6 Å². The van der Waals surface area contributed by atoms with Gasteiger partial charge in [0, 0.05) is 31.2 Å². The number of imidazole rings is 1. The first-order valence-electron chi connectivity index (χ1n) is 15.4. The maximum absolute atomic E-state index is 13.9. The van der Waals surface area contributed by atoms with Crippen molar-refractivity contribution in [2.45, 2.75) is 75.4 Å². The number of likely N-dealkylation sites (tertiary alicyclic amines) is 1. The highest BCUT2D eigenvalue weighted by molar-refractivity contribution is 5.96. The predicted molar refractivity (Wildman–Crippen MR) is 162 cm³/mol. The number of hydrogen-bond donors (Lipinski definition) is 1. The number of phenolic OH excluding ortho intramolecular Hbond substituents is 1. The summed E-state index contributed by atoms with van der Waals surface area (Å²) in [5, 5.41) is 10.2. The lowest BCUT2D eigenvalue weighted by Crippen LogP contribution is -2.49. The Labute approximate surface area is 246 Å². The fourth-order valence-corrected chi connectivity index (χ4v) is 8.25. The van der Waals surface area contributed by atoms with Gasteiger partial charge >= 0.3 is 0 Å². The molecule has 2 bridgehead atoms. The van der Waals surface area contributed by atoms with Crippen LogP contribution in [0.15, 0.2) is 72.8 Å². The summed E-state index contributed by atoms with van der Waals surface area (Å²) in [5.74, 6) is 0.140.